The van der Waals surface area contributed by atoms with Gasteiger partial charge >= 0.3 is 0 Å². The third kappa shape index (κ3) is 9.33. The first-order valence-corrected chi connectivity index (χ1v) is 16.2. The highest BCUT2D eigenvalue weighted by molar-refractivity contribution is 5.98. The third-order valence-corrected chi connectivity index (χ3v) is 8.11. The van der Waals surface area contributed by atoms with Gasteiger partial charge in [0.15, 0.2) is 34.6 Å². The number of nitrogens with zero attached hydrogens (tertiary/aromatic N) is 1. The van der Waals surface area contributed by atoms with E-state index in [1.165, 1.54) is 52.7 Å². The summed E-state index contributed by atoms with van der Waals surface area (Å²) in [4.78, 5) is 54.5. The van der Waals surface area contributed by atoms with E-state index in [1.54, 1.807) is 36.1 Å². The summed E-state index contributed by atoms with van der Waals surface area (Å²) in [6.07, 6.45) is 1.03. The number of hydrogen-bond acceptors (Lipinski definition) is 9. The molecule has 2 aliphatic heterocycles. The van der Waals surface area contributed by atoms with E-state index < -0.39 is 23.7 Å². The van der Waals surface area contributed by atoms with Crippen molar-refractivity contribution in [3.05, 3.63) is 71.0 Å². The lowest BCUT2D eigenvalue weighted by Gasteiger charge is -2.25. The van der Waals surface area contributed by atoms with Gasteiger partial charge in [-0.1, -0.05) is 13.0 Å². The Labute approximate surface area is 290 Å². The molecule has 1 atom stereocenters. The predicted molar refractivity (Wildman–Crippen MR) is 182 cm³/mol. The number of benzene rings is 3. The predicted octanol–water partition coefficient (Wildman–Crippen LogP) is 4.22. The molecule has 3 aromatic carbocycles. The SMILES string of the molecule is CC[C@@H]1NC(=O)CCCN(C(=O)c2cc(OC)c(OC)cc2OC)CCCNC(=O)c2ccc(OC)c(c2)Oc2ccc(cc2F)CNC1=O. The number of fused-ring (bicyclic) bond motifs is 16. The van der Waals surface area contributed by atoms with Crippen LogP contribution in [-0.2, 0) is 16.1 Å². The Balaban J connectivity index is 1.61. The van der Waals surface area contributed by atoms with E-state index in [0.717, 1.165) is 0 Å². The van der Waals surface area contributed by atoms with Crippen molar-refractivity contribution >= 4 is 23.6 Å². The molecular formula is C36H43FN4O9. The van der Waals surface area contributed by atoms with Crippen LogP contribution in [-0.4, -0.2) is 82.6 Å². The summed E-state index contributed by atoms with van der Waals surface area (Å²) in [6.45, 7) is 2.41. The first-order chi connectivity index (χ1) is 24.1. The van der Waals surface area contributed by atoms with Crippen LogP contribution in [0.15, 0.2) is 48.5 Å². The lowest BCUT2D eigenvalue weighted by atomic mass is 10.1. The largest absolute Gasteiger partial charge is 0.496 e. The molecule has 0 radical (unpaired) electrons. The van der Waals surface area contributed by atoms with Gasteiger partial charge in [-0.3, -0.25) is 19.2 Å². The fourth-order valence-electron chi connectivity index (χ4n) is 5.37. The van der Waals surface area contributed by atoms with Crippen molar-refractivity contribution in [2.24, 2.45) is 0 Å². The Morgan fingerprint density at radius 1 is 0.840 bits per heavy atom. The highest BCUT2D eigenvalue weighted by Gasteiger charge is 2.24. The maximum atomic E-state index is 15.1. The molecule has 0 fully saturated rings. The average Bonchev–Trinajstić information content (AvgIpc) is 3.13. The van der Waals surface area contributed by atoms with E-state index in [1.807, 2.05) is 0 Å². The van der Waals surface area contributed by atoms with Gasteiger partial charge in [-0.2, -0.15) is 0 Å². The molecule has 0 saturated carbocycles. The number of carbonyl (C=O) groups excluding carboxylic acids is 4. The minimum Gasteiger partial charge on any atom is -0.496 e. The lowest BCUT2D eigenvalue weighted by Crippen LogP contribution is -2.46. The summed E-state index contributed by atoms with van der Waals surface area (Å²) in [5.41, 5.74) is 0.951. The van der Waals surface area contributed by atoms with Crippen molar-refractivity contribution in [1.82, 2.24) is 20.9 Å². The van der Waals surface area contributed by atoms with E-state index in [0.29, 0.717) is 29.9 Å². The van der Waals surface area contributed by atoms with Gasteiger partial charge in [0.2, 0.25) is 11.8 Å². The topological polar surface area (TPSA) is 154 Å². The van der Waals surface area contributed by atoms with E-state index in [-0.39, 0.29) is 85.0 Å². The standard InChI is InChI=1S/C36H43FN4O9/c1-6-26-35(44)39-21-22-10-12-27(25(37)17-22)50-32-18-23(11-13-28(32)46-2)34(43)38-14-8-16-41(15-7-9-33(42)40-26)36(45)24-19-30(48-4)31(49-5)20-29(24)47-3/h10-13,17-20,26H,6-9,14-16,21H2,1-5H3,(H,38,43)(H,39,44)(H,40,42)/t26-/m0/s1. The molecule has 0 aromatic heterocycles. The quantitative estimate of drug-likeness (QED) is 0.344. The molecule has 0 unspecified atom stereocenters. The molecule has 268 valence electrons. The number of halogens is 1. The summed E-state index contributed by atoms with van der Waals surface area (Å²) < 4.78 is 42.5. The van der Waals surface area contributed by atoms with Gasteiger partial charge in [0.25, 0.3) is 11.8 Å². The Morgan fingerprint density at radius 3 is 2.22 bits per heavy atom. The van der Waals surface area contributed by atoms with E-state index in [2.05, 4.69) is 16.0 Å². The maximum absolute atomic E-state index is 15.1. The highest BCUT2D eigenvalue weighted by atomic mass is 19.1. The van der Waals surface area contributed by atoms with Crippen molar-refractivity contribution in [3.63, 3.8) is 0 Å². The number of hydrogen-bond donors (Lipinski definition) is 3. The van der Waals surface area contributed by atoms with E-state index in [4.69, 9.17) is 23.7 Å². The summed E-state index contributed by atoms with van der Waals surface area (Å²) in [5.74, 6) is -0.948. The van der Waals surface area contributed by atoms with Crippen LogP contribution in [0.1, 0.15) is 58.9 Å². The van der Waals surface area contributed by atoms with Crippen LogP contribution < -0.4 is 39.6 Å². The number of ether oxygens (including phenoxy) is 5. The van der Waals surface area contributed by atoms with Gasteiger partial charge in [0.1, 0.15) is 11.8 Å². The minimum absolute atomic E-state index is 0.0120. The Bertz CT molecular complexity index is 1700. The van der Waals surface area contributed by atoms with Crippen LogP contribution in [0.3, 0.4) is 0 Å². The maximum Gasteiger partial charge on any atom is 0.257 e. The molecule has 0 spiro atoms. The number of rotatable bonds is 6. The molecule has 50 heavy (non-hydrogen) atoms. The Kier molecular flexibility index (Phi) is 13.2. The van der Waals surface area contributed by atoms with Gasteiger partial charge in [-0.25, -0.2) is 4.39 Å². The van der Waals surface area contributed by atoms with Crippen molar-refractivity contribution in [2.75, 3.05) is 48.1 Å². The molecule has 14 heteroatoms. The van der Waals surface area contributed by atoms with Gasteiger partial charge in [-0.15, -0.1) is 0 Å². The molecule has 3 N–H and O–H groups in total. The summed E-state index contributed by atoms with van der Waals surface area (Å²) in [7, 11) is 5.80. The molecule has 2 heterocycles. The summed E-state index contributed by atoms with van der Waals surface area (Å²) in [5, 5.41) is 8.33. The molecule has 4 amide bonds. The first kappa shape index (κ1) is 37.3. The zero-order chi connectivity index (χ0) is 36.2. The Morgan fingerprint density at radius 2 is 1.54 bits per heavy atom. The molecule has 4 bridgehead atoms. The van der Waals surface area contributed by atoms with Gasteiger partial charge in [0, 0.05) is 50.3 Å². The molecular weight excluding hydrogens is 651 g/mol. The van der Waals surface area contributed by atoms with E-state index >= 15 is 4.39 Å². The van der Waals surface area contributed by atoms with Crippen LogP contribution in [0.2, 0.25) is 0 Å². The van der Waals surface area contributed by atoms with Crippen LogP contribution in [0.5, 0.6) is 34.5 Å². The minimum atomic E-state index is -0.811. The lowest BCUT2D eigenvalue weighted by molar-refractivity contribution is -0.129. The molecule has 0 saturated heterocycles. The van der Waals surface area contributed by atoms with Crippen molar-refractivity contribution in [1.29, 1.82) is 0 Å². The van der Waals surface area contributed by atoms with Crippen LogP contribution in [0.4, 0.5) is 4.39 Å². The third-order valence-electron chi connectivity index (χ3n) is 8.11. The smallest absolute Gasteiger partial charge is 0.257 e. The van der Waals surface area contributed by atoms with Crippen LogP contribution >= 0.6 is 0 Å². The summed E-state index contributed by atoms with van der Waals surface area (Å²) >= 11 is 0. The molecule has 0 aliphatic carbocycles. The highest BCUT2D eigenvalue weighted by Crippen LogP contribution is 2.36. The fraction of sp³-hybridized carbons (Fsp3) is 0.389. The van der Waals surface area contributed by atoms with Gasteiger partial charge in [-0.05, 0) is 55.2 Å². The second-order valence-corrected chi connectivity index (χ2v) is 11.4. The second kappa shape index (κ2) is 17.7. The fourth-order valence-corrected chi connectivity index (χ4v) is 5.37. The van der Waals surface area contributed by atoms with Crippen molar-refractivity contribution in [2.45, 2.75) is 45.2 Å². The number of methoxy groups -OCH3 is 4. The monoisotopic (exact) mass is 694 g/mol. The zero-order valence-corrected chi connectivity index (χ0v) is 28.9. The van der Waals surface area contributed by atoms with Crippen molar-refractivity contribution in [3.8, 4) is 34.5 Å². The number of amides is 4. The normalized spacial score (nSPS) is 16.3. The zero-order valence-electron chi connectivity index (χ0n) is 28.9. The van der Waals surface area contributed by atoms with Crippen molar-refractivity contribution < 1.29 is 47.3 Å². The van der Waals surface area contributed by atoms with Crippen LogP contribution in [0, 0.1) is 5.82 Å². The van der Waals surface area contributed by atoms with Crippen LogP contribution in [0.25, 0.3) is 0 Å². The average molecular weight is 695 g/mol. The first-order valence-electron chi connectivity index (χ1n) is 16.2. The molecule has 3 aromatic rings. The molecule has 13 nitrogen and oxygen atoms in total. The number of nitrogens with one attached hydrogen (secondary N) is 3. The Hall–Kier alpha value is -5.53. The second-order valence-electron chi connectivity index (χ2n) is 11.4. The molecule has 2 aliphatic rings. The van der Waals surface area contributed by atoms with Gasteiger partial charge < -0.3 is 44.5 Å². The summed E-state index contributed by atoms with van der Waals surface area (Å²) in [6, 6.07) is 11.1. The van der Waals surface area contributed by atoms with E-state index in [9.17, 15) is 19.2 Å². The number of carbonyl (C=O) groups is 4. The molecule has 5 rings (SSSR count). The van der Waals surface area contributed by atoms with Gasteiger partial charge in [0.05, 0.1) is 34.0 Å².